The van der Waals surface area contributed by atoms with Crippen LogP contribution in [0, 0.1) is 11.8 Å². The van der Waals surface area contributed by atoms with E-state index in [1.807, 2.05) is 13.8 Å². The molecule has 6 rings (SSSR count). The quantitative estimate of drug-likeness (QED) is 0.172. The molecule has 7 unspecified atom stereocenters. The fourth-order valence-electron chi connectivity index (χ4n) is 8.86. The van der Waals surface area contributed by atoms with Crippen molar-refractivity contribution in [3.63, 3.8) is 0 Å². The van der Waals surface area contributed by atoms with Gasteiger partial charge in [-0.05, 0) is 172 Å². The SMILES string of the molecule is CC1=C2CC/C(CCC3C[C@@H]3/C3=C\C(O)/C(=C(/C)CO)CC/C(C)=C/CCC4(C)OC4CC3)=C/CCC3(C)OC3CC/C(C)=C/C2OC1=O. The molecule has 0 aromatic carbocycles. The molecule has 3 aliphatic heterocycles. The Labute approximate surface area is 295 Å². The minimum Gasteiger partial charge on any atom is -0.450 e. The van der Waals surface area contributed by atoms with E-state index in [0.29, 0.717) is 17.9 Å². The fourth-order valence-corrected chi connectivity index (χ4v) is 8.86. The Hall–Kier alpha value is -2.25. The number of carbonyl (C=O) groups is 1. The maximum atomic E-state index is 12.6. The Kier molecular flexibility index (Phi) is 11.3. The van der Waals surface area contributed by atoms with Gasteiger partial charge in [0, 0.05) is 5.57 Å². The predicted octanol–water partition coefficient (Wildman–Crippen LogP) is 9.08. The van der Waals surface area contributed by atoms with E-state index in [1.165, 1.54) is 28.7 Å². The first-order valence-electron chi connectivity index (χ1n) is 19.3. The van der Waals surface area contributed by atoms with Crippen molar-refractivity contribution in [3.8, 4) is 0 Å². The first kappa shape index (κ1) is 36.5. The topological polar surface area (TPSA) is 91.8 Å². The zero-order valence-corrected chi connectivity index (χ0v) is 31.1. The molecule has 0 aromatic heterocycles. The third-order valence-corrected chi connectivity index (χ3v) is 12.8. The van der Waals surface area contributed by atoms with E-state index >= 15 is 0 Å². The second-order valence-electron chi connectivity index (χ2n) is 16.7. The maximum Gasteiger partial charge on any atom is 0.334 e. The highest BCUT2D eigenvalue weighted by molar-refractivity contribution is 5.92. The smallest absolute Gasteiger partial charge is 0.334 e. The van der Waals surface area contributed by atoms with Crippen molar-refractivity contribution >= 4 is 5.97 Å². The van der Waals surface area contributed by atoms with Gasteiger partial charge >= 0.3 is 5.97 Å². The molecule has 49 heavy (non-hydrogen) atoms. The number of hydrogen-bond acceptors (Lipinski definition) is 6. The summed E-state index contributed by atoms with van der Waals surface area (Å²) >= 11 is 0. The molecule has 270 valence electrons. The summed E-state index contributed by atoms with van der Waals surface area (Å²) in [6.45, 7) is 12.7. The molecular formula is C43H62O6. The van der Waals surface area contributed by atoms with Crippen molar-refractivity contribution in [1.82, 2.24) is 0 Å². The van der Waals surface area contributed by atoms with E-state index in [1.54, 1.807) is 0 Å². The molecule has 6 heteroatoms. The van der Waals surface area contributed by atoms with Crippen molar-refractivity contribution < 1.29 is 29.2 Å². The van der Waals surface area contributed by atoms with Gasteiger partial charge in [0.25, 0.3) is 0 Å². The van der Waals surface area contributed by atoms with Crippen LogP contribution in [0.1, 0.15) is 138 Å². The Morgan fingerprint density at radius 1 is 0.878 bits per heavy atom. The van der Waals surface area contributed by atoms with Crippen LogP contribution in [0.15, 0.2) is 68.9 Å². The lowest BCUT2D eigenvalue weighted by Crippen LogP contribution is -2.14. The predicted molar refractivity (Wildman–Crippen MR) is 195 cm³/mol. The summed E-state index contributed by atoms with van der Waals surface area (Å²) in [6, 6.07) is 0. The highest BCUT2D eigenvalue weighted by atomic mass is 16.6. The van der Waals surface area contributed by atoms with Crippen molar-refractivity contribution in [1.29, 1.82) is 0 Å². The van der Waals surface area contributed by atoms with Crippen LogP contribution in [0.5, 0.6) is 0 Å². The molecule has 6 aliphatic rings. The molecule has 6 nitrogen and oxygen atoms in total. The lowest BCUT2D eigenvalue weighted by Gasteiger charge is -2.19. The number of hydrogen-bond donors (Lipinski definition) is 2. The Bertz CT molecular complexity index is 1460. The van der Waals surface area contributed by atoms with Crippen LogP contribution in [-0.4, -0.2) is 58.4 Å². The molecule has 0 aromatic rings. The highest BCUT2D eigenvalue weighted by Crippen LogP contribution is 2.52. The van der Waals surface area contributed by atoms with Gasteiger partial charge in [-0.25, -0.2) is 4.79 Å². The summed E-state index contributed by atoms with van der Waals surface area (Å²) in [6.07, 6.45) is 23.7. The summed E-state index contributed by atoms with van der Waals surface area (Å²) < 4.78 is 18.3. The average molecular weight is 675 g/mol. The minimum atomic E-state index is -0.665. The largest absolute Gasteiger partial charge is 0.450 e. The van der Waals surface area contributed by atoms with Crippen LogP contribution in [0.4, 0.5) is 0 Å². The van der Waals surface area contributed by atoms with E-state index in [4.69, 9.17) is 14.2 Å². The van der Waals surface area contributed by atoms with E-state index in [-0.39, 0.29) is 36.0 Å². The lowest BCUT2D eigenvalue weighted by molar-refractivity contribution is -0.138. The minimum absolute atomic E-state index is 0.0208. The number of esters is 1. The molecule has 2 saturated heterocycles. The molecule has 3 heterocycles. The number of allylic oxidation sites excluding steroid dienone is 6. The number of aliphatic hydroxyl groups excluding tert-OH is 2. The van der Waals surface area contributed by atoms with Crippen molar-refractivity contribution in [2.24, 2.45) is 11.8 Å². The highest BCUT2D eigenvalue weighted by Gasteiger charge is 2.52. The number of rotatable bonds is 5. The molecular weight excluding hydrogens is 612 g/mol. The van der Waals surface area contributed by atoms with Gasteiger partial charge in [-0.15, -0.1) is 0 Å². The van der Waals surface area contributed by atoms with Crippen LogP contribution < -0.4 is 0 Å². The molecule has 0 amide bonds. The first-order chi connectivity index (χ1) is 23.4. The zero-order chi connectivity index (χ0) is 34.9. The molecule has 1 saturated carbocycles. The van der Waals surface area contributed by atoms with Crippen molar-refractivity contribution in [3.05, 3.63) is 68.9 Å². The Morgan fingerprint density at radius 3 is 2.29 bits per heavy atom. The Morgan fingerprint density at radius 2 is 1.57 bits per heavy atom. The Balaban J connectivity index is 1.15. The molecule has 0 spiro atoms. The van der Waals surface area contributed by atoms with Gasteiger partial charge in [0.2, 0.25) is 0 Å². The number of ether oxygens (including phenoxy) is 3. The maximum absolute atomic E-state index is 12.6. The van der Waals surface area contributed by atoms with Gasteiger partial charge in [0.1, 0.15) is 6.10 Å². The van der Waals surface area contributed by atoms with Gasteiger partial charge in [-0.1, -0.05) is 40.5 Å². The second-order valence-corrected chi connectivity index (χ2v) is 16.7. The van der Waals surface area contributed by atoms with E-state index in [9.17, 15) is 15.0 Å². The van der Waals surface area contributed by atoms with Gasteiger partial charge in [0.05, 0.1) is 36.1 Å². The van der Waals surface area contributed by atoms with Gasteiger partial charge < -0.3 is 24.4 Å². The standard InChI is InChI=1S/C43H62O6/c1-27-9-7-21-42(5)40(49-42)20-16-33(25-37(45)34(17-11-27)29(3)26-44)36-24-32(36)15-13-31-10-8-22-43(6)39(48-43)19-12-28(2)23-38-35(18-14-31)30(4)41(46)47-38/h9-10,23,25,32,36-40,44-45H,7-8,11-22,24,26H2,1-6H3/b27-9+,28-23+,31-10+,33-25-,34-29-/t32?,36-,37?,38?,39?,40?,42?,43?/m0/s1. The number of carbonyl (C=O) groups excluding carboxylic acids is 1. The fraction of sp³-hybridized carbons (Fsp3) is 0.698. The number of fused-ring (bicyclic) bond motifs is 3. The lowest BCUT2D eigenvalue weighted by atomic mass is 9.89. The molecule has 8 atom stereocenters. The van der Waals surface area contributed by atoms with Crippen LogP contribution >= 0.6 is 0 Å². The van der Waals surface area contributed by atoms with E-state index < -0.39 is 6.10 Å². The third-order valence-electron chi connectivity index (χ3n) is 12.8. The van der Waals surface area contributed by atoms with Crippen molar-refractivity contribution in [2.45, 2.75) is 173 Å². The van der Waals surface area contributed by atoms with Crippen LogP contribution in [0.3, 0.4) is 0 Å². The van der Waals surface area contributed by atoms with Crippen molar-refractivity contribution in [2.75, 3.05) is 6.61 Å². The molecule has 0 bridgehead atoms. The first-order valence-corrected chi connectivity index (χ1v) is 19.3. The molecule has 0 radical (unpaired) electrons. The molecule has 3 aliphatic carbocycles. The summed E-state index contributed by atoms with van der Waals surface area (Å²) in [7, 11) is 0. The van der Waals surface area contributed by atoms with Gasteiger partial charge in [0.15, 0.2) is 0 Å². The van der Waals surface area contributed by atoms with Crippen LogP contribution in [0.25, 0.3) is 0 Å². The van der Waals surface area contributed by atoms with Gasteiger partial charge in [-0.3, -0.25) is 0 Å². The monoisotopic (exact) mass is 674 g/mol. The molecule has 3 fully saturated rings. The van der Waals surface area contributed by atoms with Gasteiger partial charge in [-0.2, -0.15) is 0 Å². The normalized spacial score (nSPS) is 42.9. The average Bonchev–Trinajstić information content (AvgIpc) is 4.01. The molecule has 2 N–H and O–H groups in total. The second kappa shape index (κ2) is 15.2. The number of epoxide rings is 2. The third kappa shape index (κ3) is 8.98. The van der Waals surface area contributed by atoms with E-state index in [0.717, 1.165) is 112 Å². The summed E-state index contributed by atoms with van der Waals surface area (Å²) in [5.74, 6) is 0.928. The summed E-state index contributed by atoms with van der Waals surface area (Å²) in [4.78, 5) is 12.6. The van der Waals surface area contributed by atoms with Crippen LogP contribution in [0.2, 0.25) is 0 Å². The van der Waals surface area contributed by atoms with Crippen LogP contribution in [-0.2, 0) is 19.0 Å². The number of aliphatic hydroxyl groups is 2. The summed E-state index contributed by atoms with van der Waals surface area (Å²) in [5.41, 5.74) is 9.21. The summed E-state index contributed by atoms with van der Waals surface area (Å²) in [5, 5.41) is 21.6. The van der Waals surface area contributed by atoms with E-state index in [2.05, 4.69) is 52.0 Å². The zero-order valence-electron chi connectivity index (χ0n) is 31.1.